The topological polar surface area (TPSA) is 16.8 Å². The molecule has 0 spiro atoms. The van der Waals surface area contributed by atoms with Gasteiger partial charge in [0.25, 0.3) is 0 Å². The van der Waals surface area contributed by atoms with Crippen LogP contribution in [0.3, 0.4) is 0 Å². The van der Waals surface area contributed by atoms with Crippen molar-refractivity contribution in [2.24, 2.45) is 7.05 Å². The van der Waals surface area contributed by atoms with Crippen LogP contribution in [0.5, 0.6) is 0 Å². The maximum absolute atomic E-state index is 4.43. The van der Waals surface area contributed by atoms with Crippen molar-refractivity contribution in [1.82, 2.24) is 4.98 Å². The van der Waals surface area contributed by atoms with E-state index in [2.05, 4.69) is 61.8 Å². The van der Waals surface area contributed by atoms with Crippen molar-refractivity contribution >= 4 is 21.6 Å². The Kier molecular flexibility index (Phi) is 2.86. The van der Waals surface area contributed by atoms with Crippen LogP contribution < -0.4 is 4.57 Å². The quantitative estimate of drug-likeness (QED) is 0.615. The Morgan fingerprint density at radius 1 is 1.11 bits per heavy atom. The summed E-state index contributed by atoms with van der Waals surface area (Å²) in [7, 11) is 2.10. The van der Waals surface area contributed by atoms with Gasteiger partial charge in [-0.05, 0) is 38.0 Å². The van der Waals surface area contributed by atoms with Crippen LogP contribution in [0, 0.1) is 20.8 Å². The van der Waals surface area contributed by atoms with Crippen molar-refractivity contribution in [2.45, 2.75) is 20.8 Å². The fraction of sp³-hybridized carbons (Fsp3) is 0.250. The second kappa shape index (κ2) is 4.42. The largest absolute Gasteiger partial charge is 0.244 e. The van der Waals surface area contributed by atoms with Gasteiger partial charge in [0.1, 0.15) is 11.7 Å². The summed E-state index contributed by atoms with van der Waals surface area (Å²) >= 11 is 1.68. The van der Waals surface area contributed by atoms with Gasteiger partial charge in [-0.1, -0.05) is 11.6 Å². The van der Waals surface area contributed by atoms with Crippen LogP contribution in [0.2, 0.25) is 0 Å². The summed E-state index contributed by atoms with van der Waals surface area (Å²) in [5.41, 5.74) is 9.50. The number of hydrogen-bond donors (Lipinski definition) is 0. The first-order valence-electron chi connectivity index (χ1n) is 6.37. The smallest absolute Gasteiger partial charge is 0.214 e. The molecule has 0 bridgehead atoms. The lowest BCUT2D eigenvalue weighted by molar-refractivity contribution is -0.659. The van der Waals surface area contributed by atoms with Gasteiger partial charge in [-0.3, -0.25) is 0 Å². The Hall–Kier alpha value is -1.74. The molecule has 3 aromatic rings. The Morgan fingerprint density at radius 2 is 1.89 bits per heavy atom. The molecule has 96 valence electrons. The van der Waals surface area contributed by atoms with E-state index in [0.717, 1.165) is 5.52 Å². The normalized spacial score (nSPS) is 11.2. The van der Waals surface area contributed by atoms with Crippen LogP contribution >= 0.6 is 11.3 Å². The molecule has 0 aliphatic heterocycles. The molecule has 0 atom stereocenters. The van der Waals surface area contributed by atoms with Crippen LogP contribution in [0.25, 0.3) is 21.5 Å². The zero-order chi connectivity index (χ0) is 13.6. The van der Waals surface area contributed by atoms with Gasteiger partial charge in [0.15, 0.2) is 6.20 Å². The summed E-state index contributed by atoms with van der Waals surface area (Å²) in [5, 5.41) is 0. The second-order valence-corrected chi connectivity index (χ2v) is 6.01. The van der Waals surface area contributed by atoms with Crippen molar-refractivity contribution in [3.05, 3.63) is 46.6 Å². The monoisotopic (exact) mass is 269 g/mol. The number of benzene rings is 1. The van der Waals surface area contributed by atoms with Crippen LogP contribution in [0.4, 0.5) is 0 Å². The van der Waals surface area contributed by atoms with E-state index in [4.69, 9.17) is 0 Å². The Labute approximate surface area is 117 Å². The lowest BCUT2D eigenvalue weighted by Crippen LogP contribution is -2.30. The minimum Gasteiger partial charge on any atom is -0.244 e. The first-order chi connectivity index (χ1) is 9.06. The van der Waals surface area contributed by atoms with Gasteiger partial charge in [-0.2, -0.15) is 4.57 Å². The molecule has 3 heteroatoms. The maximum atomic E-state index is 4.43. The third-order valence-electron chi connectivity index (χ3n) is 3.68. The molecule has 2 heterocycles. The van der Waals surface area contributed by atoms with Gasteiger partial charge >= 0.3 is 0 Å². The third-order valence-corrected chi connectivity index (χ3v) is 4.46. The number of thiazole rings is 1. The fourth-order valence-corrected chi connectivity index (χ4v) is 3.25. The van der Waals surface area contributed by atoms with Crippen molar-refractivity contribution in [3.63, 3.8) is 0 Å². The molecule has 3 rings (SSSR count). The van der Waals surface area contributed by atoms with Gasteiger partial charge in [-0.25, -0.2) is 4.98 Å². The molecule has 19 heavy (non-hydrogen) atoms. The van der Waals surface area contributed by atoms with E-state index < -0.39 is 0 Å². The first kappa shape index (κ1) is 12.3. The fourth-order valence-electron chi connectivity index (χ4n) is 2.52. The molecule has 1 aromatic carbocycles. The van der Waals surface area contributed by atoms with Gasteiger partial charge in [-0.15, -0.1) is 11.3 Å². The van der Waals surface area contributed by atoms with Gasteiger partial charge in [0.2, 0.25) is 5.69 Å². The molecule has 0 fully saturated rings. The van der Waals surface area contributed by atoms with E-state index in [9.17, 15) is 0 Å². The molecular formula is C16H17N2S+. The number of pyridine rings is 1. The highest BCUT2D eigenvalue weighted by Crippen LogP contribution is 2.27. The Balaban J connectivity index is 2.32. The third kappa shape index (κ3) is 2.04. The molecule has 0 N–H and O–H groups in total. The van der Waals surface area contributed by atoms with Crippen molar-refractivity contribution < 1.29 is 4.57 Å². The van der Waals surface area contributed by atoms with Crippen molar-refractivity contribution in [2.75, 3.05) is 0 Å². The predicted molar refractivity (Wildman–Crippen MR) is 80.4 cm³/mol. The van der Waals surface area contributed by atoms with E-state index in [1.165, 1.54) is 32.6 Å². The van der Waals surface area contributed by atoms with Crippen LogP contribution in [0.1, 0.15) is 16.7 Å². The molecule has 0 aliphatic rings. The minimum atomic E-state index is 1.08. The van der Waals surface area contributed by atoms with E-state index in [1.54, 1.807) is 11.3 Å². The van der Waals surface area contributed by atoms with Gasteiger partial charge in [0, 0.05) is 11.6 Å². The predicted octanol–water partition coefficient (Wildman–Crippen LogP) is 3.71. The Bertz CT molecular complexity index is 772. The SMILES string of the molecule is Cc1cc(C)c(C)c(-c2cc3ncsc3c[n+]2C)c1. The summed E-state index contributed by atoms with van der Waals surface area (Å²) in [6, 6.07) is 6.68. The average molecular weight is 269 g/mol. The molecule has 0 saturated carbocycles. The molecule has 0 unspecified atom stereocenters. The minimum absolute atomic E-state index is 1.08. The number of aryl methyl sites for hydroxylation is 3. The van der Waals surface area contributed by atoms with Crippen molar-refractivity contribution in [1.29, 1.82) is 0 Å². The highest BCUT2D eigenvalue weighted by atomic mass is 32.1. The molecule has 2 nitrogen and oxygen atoms in total. The van der Waals surface area contributed by atoms with Gasteiger partial charge in [0.05, 0.1) is 11.0 Å². The Morgan fingerprint density at radius 3 is 2.68 bits per heavy atom. The molecule has 0 amide bonds. The second-order valence-electron chi connectivity index (χ2n) is 5.13. The van der Waals surface area contributed by atoms with E-state index in [0.29, 0.717) is 0 Å². The average Bonchev–Trinajstić information content (AvgIpc) is 2.80. The summed E-state index contributed by atoms with van der Waals surface area (Å²) in [4.78, 5) is 4.43. The van der Waals surface area contributed by atoms with Crippen molar-refractivity contribution in [3.8, 4) is 11.3 Å². The standard InChI is InChI=1S/C16H17N2S/c1-10-5-11(2)12(3)13(6-10)15-7-14-16(8-18(15)4)19-9-17-14/h5-9H,1-4H3/q+1. The zero-order valence-electron chi connectivity index (χ0n) is 11.7. The molecule has 0 aliphatic carbocycles. The van der Waals surface area contributed by atoms with Gasteiger partial charge < -0.3 is 0 Å². The summed E-state index contributed by atoms with van der Waals surface area (Å²) in [6.45, 7) is 6.51. The highest BCUT2D eigenvalue weighted by molar-refractivity contribution is 7.16. The number of rotatable bonds is 1. The molecular weight excluding hydrogens is 252 g/mol. The van der Waals surface area contributed by atoms with Crippen LogP contribution in [0.15, 0.2) is 29.9 Å². The maximum Gasteiger partial charge on any atom is 0.214 e. The number of aromatic nitrogens is 2. The summed E-state index contributed by atoms with van der Waals surface area (Å²) in [5.74, 6) is 0. The van der Waals surface area contributed by atoms with E-state index >= 15 is 0 Å². The number of hydrogen-bond acceptors (Lipinski definition) is 2. The number of nitrogens with zero attached hydrogens (tertiary/aromatic N) is 2. The first-order valence-corrected chi connectivity index (χ1v) is 7.25. The highest BCUT2D eigenvalue weighted by Gasteiger charge is 2.16. The molecule has 0 radical (unpaired) electrons. The van der Waals surface area contributed by atoms with Crippen LogP contribution in [-0.4, -0.2) is 4.98 Å². The molecule has 2 aromatic heterocycles. The van der Waals surface area contributed by atoms with Crippen LogP contribution in [-0.2, 0) is 7.05 Å². The summed E-state index contributed by atoms with van der Waals surface area (Å²) in [6.07, 6.45) is 2.17. The molecule has 0 saturated heterocycles. The summed E-state index contributed by atoms with van der Waals surface area (Å²) < 4.78 is 3.43. The zero-order valence-corrected chi connectivity index (χ0v) is 12.5. The van der Waals surface area contributed by atoms with E-state index in [-0.39, 0.29) is 0 Å². The lowest BCUT2D eigenvalue weighted by atomic mass is 9.97. The number of fused-ring (bicyclic) bond motifs is 1. The van der Waals surface area contributed by atoms with E-state index in [1.807, 2.05) is 5.51 Å². The lowest BCUT2D eigenvalue weighted by Gasteiger charge is -2.09.